The van der Waals surface area contributed by atoms with Crippen molar-refractivity contribution in [2.75, 3.05) is 55.3 Å². The number of imidazole rings is 1. The van der Waals surface area contributed by atoms with Crippen LogP contribution >= 0.6 is 0 Å². The van der Waals surface area contributed by atoms with Crippen molar-refractivity contribution in [2.45, 2.75) is 6.04 Å². The first-order chi connectivity index (χ1) is 16.2. The lowest BCUT2D eigenvalue weighted by Gasteiger charge is -2.43. The van der Waals surface area contributed by atoms with Gasteiger partial charge in [-0.25, -0.2) is 15.0 Å². The molecule has 0 bridgehead atoms. The number of nitrogens with one attached hydrogen (secondary N) is 1. The number of rotatable bonds is 5. The molecular weight excluding hydrogens is 416 g/mol. The SMILES string of the molecule is Nc1cccc(-c2cn3ccnc3c(Nc3ccc(N4CCN(C5COC5)CC4)cc3)n2)n1. The Morgan fingerprint density at radius 1 is 0.939 bits per heavy atom. The highest BCUT2D eigenvalue weighted by Gasteiger charge is 2.28. The summed E-state index contributed by atoms with van der Waals surface area (Å²) in [7, 11) is 0. The molecule has 3 N–H and O–H groups in total. The van der Waals surface area contributed by atoms with Gasteiger partial charge in [-0.3, -0.25) is 4.90 Å². The largest absolute Gasteiger partial charge is 0.384 e. The molecule has 33 heavy (non-hydrogen) atoms. The van der Waals surface area contributed by atoms with Crippen LogP contribution in [0.2, 0.25) is 0 Å². The summed E-state index contributed by atoms with van der Waals surface area (Å²) in [5, 5.41) is 3.43. The average Bonchev–Trinajstić information content (AvgIpc) is 3.28. The van der Waals surface area contributed by atoms with Crippen molar-refractivity contribution in [3.63, 3.8) is 0 Å². The monoisotopic (exact) mass is 442 g/mol. The standard InChI is InChI=1S/C24H26N8O/c25-22-3-1-2-20(28-22)21-14-32-9-8-26-24(32)23(29-21)27-17-4-6-18(7-5-17)30-10-12-31(13-11-30)19-15-33-16-19/h1-9,14,19H,10-13,15-16H2,(H2,25,28)(H,27,29). The molecule has 0 radical (unpaired) electrons. The molecule has 1 aromatic carbocycles. The number of ether oxygens (including phenoxy) is 1. The molecule has 0 aliphatic carbocycles. The van der Waals surface area contributed by atoms with E-state index in [4.69, 9.17) is 15.5 Å². The quantitative estimate of drug-likeness (QED) is 0.487. The van der Waals surface area contributed by atoms with Crippen molar-refractivity contribution >= 4 is 28.7 Å². The van der Waals surface area contributed by atoms with Crippen LogP contribution in [-0.2, 0) is 4.74 Å². The zero-order valence-electron chi connectivity index (χ0n) is 18.3. The number of nitrogens with two attached hydrogens (primary N) is 1. The number of aromatic nitrogens is 4. The van der Waals surface area contributed by atoms with Gasteiger partial charge in [0.2, 0.25) is 0 Å². The van der Waals surface area contributed by atoms with E-state index < -0.39 is 0 Å². The molecule has 0 saturated carbocycles. The number of nitrogen functional groups attached to an aromatic ring is 1. The summed E-state index contributed by atoms with van der Waals surface area (Å²) in [6.45, 7) is 6.01. The molecular formula is C24H26N8O. The van der Waals surface area contributed by atoms with Gasteiger partial charge in [-0.05, 0) is 36.4 Å². The van der Waals surface area contributed by atoms with Crippen LogP contribution in [0.4, 0.5) is 23.0 Å². The van der Waals surface area contributed by atoms with Crippen molar-refractivity contribution in [2.24, 2.45) is 0 Å². The Bertz CT molecular complexity index is 1260. The molecule has 168 valence electrons. The number of hydrogen-bond donors (Lipinski definition) is 2. The fraction of sp³-hybridized carbons (Fsp3) is 0.292. The van der Waals surface area contributed by atoms with Gasteiger partial charge in [0.1, 0.15) is 11.5 Å². The first-order valence-corrected chi connectivity index (χ1v) is 11.2. The molecule has 0 spiro atoms. The Hall–Kier alpha value is -3.69. The molecule has 4 aromatic rings. The molecule has 5 heterocycles. The lowest BCUT2D eigenvalue weighted by molar-refractivity contribution is -0.0660. The maximum absolute atomic E-state index is 5.87. The van der Waals surface area contributed by atoms with Gasteiger partial charge in [0.05, 0.1) is 24.9 Å². The van der Waals surface area contributed by atoms with E-state index in [0.717, 1.165) is 62.1 Å². The molecule has 2 fully saturated rings. The van der Waals surface area contributed by atoms with Crippen LogP contribution in [0, 0.1) is 0 Å². The highest BCUT2D eigenvalue weighted by atomic mass is 16.5. The number of nitrogens with zero attached hydrogens (tertiary/aromatic N) is 6. The van der Waals surface area contributed by atoms with Crippen LogP contribution in [-0.4, -0.2) is 69.7 Å². The molecule has 0 unspecified atom stereocenters. The highest BCUT2D eigenvalue weighted by Crippen LogP contribution is 2.26. The van der Waals surface area contributed by atoms with Crippen molar-refractivity contribution < 1.29 is 4.74 Å². The predicted octanol–water partition coefficient (Wildman–Crippen LogP) is 2.64. The molecule has 9 heteroatoms. The van der Waals surface area contributed by atoms with Gasteiger partial charge in [-0.15, -0.1) is 0 Å². The van der Waals surface area contributed by atoms with Crippen LogP contribution in [0.1, 0.15) is 0 Å². The van der Waals surface area contributed by atoms with Crippen LogP contribution in [0.15, 0.2) is 61.1 Å². The van der Waals surface area contributed by atoms with E-state index in [0.29, 0.717) is 17.7 Å². The van der Waals surface area contributed by atoms with Crippen LogP contribution in [0.5, 0.6) is 0 Å². The van der Waals surface area contributed by atoms with Gasteiger partial charge < -0.3 is 25.1 Å². The second-order valence-electron chi connectivity index (χ2n) is 8.47. The average molecular weight is 443 g/mol. The zero-order valence-corrected chi connectivity index (χ0v) is 18.3. The lowest BCUT2D eigenvalue weighted by atomic mass is 10.1. The topological polar surface area (TPSA) is 96.8 Å². The number of pyridine rings is 1. The molecule has 3 aromatic heterocycles. The van der Waals surface area contributed by atoms with Gasteiger partial charge in [-0.2, -0.15) is 0 Å². The first kappa shape index (κ1) is 20.0. The first-order valence-electron chi connectivity index (χ1n) is 11.2. The minimum atomic E-state index is 0.465. The Morgan fingerprint density at radius 3 is 2.48 bits per heavy atom. The van der Waals surface area contributed by atoms with Crippen LogP contribution < -0.4 is 16.0 Å². The molecule has 2 aliphatic heterocycles. The second kappa shape index (κ2) is 8.34. The lowest BCUT2D eigenvalue weighted by Crippen LogP contribution is -2.56. The Kier molecular flexibility index (Phi) is 5.04. The molecule has 2 saturated heterocycles. The Labute approximate surface area is 191 Å². The van der Waals surface area contributed by atoms with E-state index in [2.05, 4.69) is 49.4 Å². The Morgan fingerprint density at radius 2 is 1.76 bits per heavy atom. The summed E-state index contributed by atoms with van der Waals surface area (Å²) in [4.78, 5) is 18.6. The van der Waals surface area contributed by atoms with Crippen molar-refractivity contribution in [3.05, 3.63) is 61.1 Å². The zero-order chi connectivity index (χ0) is 22.2. The number of anilines is 4. The van der Waals surface area contributed by atoms with Gasteiger partial charge >= 0.3 is 0 Å². The van der Waals surface area contributed by atoms with Crippen LogP contribution in [0.25, 0.3) is 17.0 Å². The van der Waals surface area contributed by atoms with Gasteiger partial charge in [0.15, 0.2) is 11.5 Å². The van der Waals surface area contributed by atoms with E-state index in [1.165, 1.54) is 5.69 Å². The van der Waals surface area contributed by atoms with Crippen molar-refractivity contribution in [1.29, 1.82) is 0 Å². The third kappa shape index (κ3) is 3.96. The summed E-state index contributed by atoms with van der Waals surface area (Å²) in [5.41, 5.74) is 10.3. The fourth-order valence-corrected chi connectivity index (χ4v) is 4.40. The van der Waals surface area contributed by atoms with E-state index in [1.807, 2.05) is 28.9 Å². The van der Waals surface area contributed by atoms with Crippen molar-refractivity contribution in [1.82, 2.24) is 24.3 Å². The second-order valence-corrected chi connectivity index (χ2v) is 8.47. The number of fused-ring (bicyclic) bond motifs is 1. The van der Waals surface area contributed by atoms with Gasteiger partial charge in [0.25, 0.3) is 0 Å². The maximum atomic E-state index is 5.87. The van der Waals surface area contributed by atoms with Gasteiger partial charge in [-0.1, -0.05) is 6.07 Å². The summed E-state index contributed by atoms with van der Waals surface area (Å²) >= 11 is 0. The molecule has 0 atom stereocenters. The van der Waals surface area contributed by atoms with E-state index in [9.17, 15) is 0 Å². The minimum absolute atomic E-state index is 0.465. The summed E-state index contributed by atoms with van der Waals surface area (Å²) < 4.78 is 7.28. The molecule has 9 nitrogen and oxygen atoms in total. The minimum Gasteiger partial charge on any atom is -0.384 e. The predicted molar refractivity (Wildman–Crippen MR) is 129 cm³/mol. The molecule has 0 amide bonds. The third-order valence-electron chi connectivity index (χ3n) is 6.35. The molecule has 6 rings (SSSR count). The third-order valence-corrected chi connectivity index (χ3v) is 6.35. The highest BCUT2D eigenvalue weighted by molar-refractivity contribution is 5.73. The summed E-state index contributed by atoms with van der Waals surface area (Å²) in [6, 6.07) is 14.7. The van der Waals surface area contributed by atoms with E-state index in [1.54, 1.807) is 12.3 Å². The number of benzene rings is 1. The summed E-state index contributed by atoms with van der Waals surface area (Å²) in [5.74, 6) is 1.14. The van der Waals surface area contributed by atoms with E-state index in [-0.39, 0.29) is 0 Å². The van der Waals surface area contributed by atoms with Gasteiger partial charge in [0, 0.05) is 56.1 Å². The van der Waals surface area contributed by atoms with Crippen LogP contribution in [0.3, 0.4) is 0 Å². The maximum Gasteiger partial charge on any atom is 0.180 e. The molecule has 2 aliphatic rings. The summed E-state index contributed by atoms with van der Waals surface area (Å²) in [6.07, 6.45) is 5.57. The number of piperazine rings is 1. The fourth-order valence-electron chi connectivity index (χ4n) is 4.40. The normalized spacial score (nSPS) is 17.3. The Balaban J connectivity index is 1.20. The number of hydrogen-bond acceptors (Lipinski definition) is 8. The van der Waals surface area contributed by atoms with Crippen molar-refractivity contribution in [3.8, 4) is 11.4 Å². The smallest absolute Gasteiger partial charge is 0.180 e. The van der Waals surface area contributed by atoms with E-state index >= 15 is 0 Å².